The predicted molar refractivity (Wildman–Crippen MR) is 119 cm³/mol. The number of aliphatic hydroxyl groups excluding tert-OH is 4. The van der Waals surface area contributed by atoms with Crippen molar-refractivity contribution in [2.45, 2.75) is 69.5 Å². The highest BCUT2D eigenvalue weighted by Gasteiger charge is 2.44. The van der Waals surface area contributed by atoms with Gasteiger partial charge in [-0.2, -0.15) is 0 Å². The minimum Gasteiger partial charge on any atom is -0.394 e. The van der Waals surface area contributed by atoms with E-state index in [9.17, 15) is 20.4 Å². The van der Waals surface area contributed by atoms with Crippen LogP contribution < -0.4 is 5.32 Å². The van der Waals surface area contributed by atoms with E-state index in [-0.39, 0.29) is 0 Å². The minimum atomic E-state index is -1.38. The van der Waals surface area contributed by atoms with Gasteiger partial charge in [0.1, 0.15) is 30.5 Å². The van der Waals surface area contributed by atoms with Crippen molar-refractivity contribution in [2.24, 2.45) is 0 Å². The summed E-state index contributed by atoms with van der Waals surface area (Å²) >= 11 is 0. The molecule has 5 N–H and O–H groups in total. The van der Waals surface area contributed by atoms with Crippen LogP contribution in [0.15, 0.2) is 36.4 Å². The molecule has 2 heterocycles. The third-order valence-electron chi connectivity index (χ3n) is 6.52. The number of ether oxygens (including phenoxy) is 1. The second-order valence-electron chi connectivity index (χ2n) is 9.06. The zero-order valence-electron chi connectivity index (χ0n) is 18.2. The first-order valence-electron chi connectivity index (χ1n) is 11.2. The Bertz CT molecular complexity index is 913. The molecule has 0 bridgehead atoms. The van der Waals surface area contributed by atoms with Crippen molar-refractivity contribution in [1.82, 2.24) is 0 Å². The maximum atomic E-state index is 10.5. The molecular formula is C25H33NO5. The van der Waals surface area contributed by atoms with Gasteiger partial charge in [0.25, 0.3) is 0 Å². The Labute approximate surface area is 183 Å². The van der Waals surface area contributed by atoms with Crippen molar-refractivity contribution in [3.63, 3.8) is 0 Å². The Morgan fingerprint density at radius 2 is 1.84 bits per heavy atom. The number of benzene rings is 2. The van der Waals surface area contributed by atoms with Gasteiger partial charge >= 0.3 is 0 Å². The molecule has 0 amide bonds. The number of hydrogen-bond acceptors (Lipinski definition) is 6. The molecule has 2 aliphatic heterocycles. The van der Waals surface area contributed by atoms with Gasteiger partial charge in [0.15, 0.2) is 0 Å². The molecule has 168 valence electrons. The molecule has 0 aromatic heterocycles. The van der Waals surface area contributed by atoms with Gasteiger partial charge in [-0.25, -0.2) is 0 Å². The Kier molecular flexibility index (Phi) is 6.65. The molecule has 2 aliphatic rings. The van der Waals surface area contributed by atoms with Crippen molar-refractivity contribution in [3.8, 4) is 0 Å². The van der Waals surface area contributed by atoms with Crippen molar-refractivity contribution >= 4 is 5.69 Å². The number of hydrogen-bond donors (Lipinski definition) is 5. The number of fused-ring (bicyclic) bond motifs is 1. The molecule has 31 heavy (non-hydrogen) atoms. The smallest absolute Gasteiger partial charge is 0.113 e. The molecule has 1 saturated heterocycles. The summed E-state index contributed by atoms with van der Waals surface area (Å²) in [6.07, 6.45) is -2.73. The van der Waals surface area contributed by atoms with Crippen LogP contribution in [0.2, 0.25) is 0 Å². The second-order valence-corrected chi connectivity index (χ2v) is 9.06. The van der Waals surface area contributed by atoms with E-state index in [2.05, 4.69) is 37.4 Å². The zero-order chi connectivity index (χ0) is 22.1. The van der Waals surface area contributed by atoms with E-state index in [1.54, 1.807) is 0 Å². The summed E-state index contributed by atoms with van der Waals surface area (Å²) in [5.74, 6) is 0.328. The maximum Gasteiger partial charge on any atom is 0.113 e. The molecule has 0 radical (unpaired) electrons. The molecule has 2 aromatic rings. The van der Waals surface area contributed by atoms with Gasteiger partial charge < -0.3 is 30.5 Å². The van der Waals surface area contributed by atoms with Crippen molar-refractivity contribution in [2.75, 3.05) is 18.5 Å². The van der Waals surface area contributed by atoms with Gasteiger partial charge in [-0.3, -0.25) is 0 Å². The van der Waals surface area contributed by atoms with Crippen molar-refractivity contribution in [1.29, 1.82) is 0 Å². The van der Waals surface area contributed by atoms with Crippen LogP contribution in [0.25, 0.3) is 0 Å². The van der Waals surface area contributed by atoms with E-state index in [4.69, 9.17) is 4.74 Å². The number of nitrogens with one attached hydrogen (secondary N) is 1. The van der Waals surface area contributed by atoms with E-state index in [1.165, 1.54) is 22.4 Å². The summed E-state index contributed by atoms with van der Waals surface area (Å²) in [7, 11) is 0. The van der Waals surface area contributed by atoms with Crippen LogP contribution >= 0.6 is 0 Å². The van der Waals surface area contributed by atoms with Crippen molar-refractivity contribution < 1.29 is 25.2 Å². The number of rotatable bonds is 5. The summed E-state index contributed by atoms with van der Waals surface area (Å²) in [6, 6.07) is 12.6. The van der Waals surface area contributed by atoms with Crippen molar-refractivity contribution in [3.05, 3.63) is 64.2 Å². The zero-order valence-corrected chi connectivity index (χ0v) is 18.2. The third-order valence-corrected chi connectivity index (χ3v) is 6.52. The highest BCUT2D eigenvalue weighted by atomic mass is 16.5. The topological polar surface area (TPSA) is 102 Å². The van der Waals surface area contributed by atoms with Gasteiger partial charge in [-0.05, 0) is 59.1 Å². The van der Waals surface area contributed by atoms with Crippen LogP contribution in [0.4, 0.5) is 5.69 Å². The summed E-state index contributed by atoms with van der Waals surface area (Å²) in [6.45, 7) is 4.88. The monoisotopic (exact) mass is 427 g/mol. The lowest BCUT2D eigenvalue weighted by Gasteiger charge is -2.40. The summed E-state index contributed by atoms with van der Waals surface area (Å²) in [5, 5.41) is 43.8. The maximum absolute atomic E-state index is 10.5. The average molecular weight is 428 g/mol. The molecule has 0 saturated carbocycles. The Morgan fingerprint density at radius 1 is 1.03 bits per heavy atom. The molecule has 0 aliphatic carbocycles. The fourth-order valence-electron chi connectivity index (χ4n) is 4.73. The molecule has 6 nitrogen and oxygen atoms in total. The molecule has 1 fully saturated rings. The molecule has 0 unspecified atom stereocenters. The van der Waals surface area contributed by atoms with Gasteiger partial charge in [0.05, 0.1) is 6.61 Å². The van der Waals surface area contributed by atoms with Gasteiger partial charge in [0.2, 0.25) is 0 Å². The lowest BCUT2D eigenvalue weighted by molar-refractivity contribution is -0.231. The normalized spacial score (nSPS) is 28.3. The van der Waals surface area contributed by atoms with Gasteiger partial charge in [-0.15, -0.1) is 0 Å². The second kappa shape index (κ2) is 9.27. The Morgan fingerprint density at radius 3 is 2.58 bits per heavy atom. The molecule has 4 rings (SSSR count). The van der Waals surface area contributed by atoms with E-state index in [1.807, 2.05) is 18.2 Å². The molecular weight excluding hydrogens is 394 g/mol. The summed E-state index contributed by atoms with van der Waals surface area (Å²) in [4.78, 5) is 0. The Hall–Kier alpha value is -1.96. The number of anilines is 1. The number of aryl methyl sites for hydroxylation is 1. The van der Waals surface area contributed by atoms with Gasteiger partial charge in [0, 0.05) is 12.2 Å². The third kappa shape index (κ3) is 4.49. The molecule has 0 spiro atoms. The quantitative estimate of drug-likeness (QED) is 0.502. The lowest BCUT2D eigenvalue weighted by atomic mass is 9.86. The van der Waals surface area contributed by atoms with E-state index in [0.717, 1.165) is 36.9 Å². The summed E-state index contributed by atoms with van der Waals surface area (Å²) < 4.78 is 5.78. The Balaban J connectivity index is 1.65. The van der Waals surface area contributed by atoms with E-state index >= 15 is 0 Å². The minimum absolute atomic E-state index is 0.328. The molecule has 5 atom stereocenters. The van der Waals surface area contributed by atoms with Crippen LogP contribution in [-0.2, 0) is 17.6 Å². The van der Waals surface area contributed by atoms with Crippen LogP contribution in [0.1, 0.15) is 60.1 Å². The highest BCUT2D eigenvalue weighted by Crippen LogP contribution is 2.35. The largest absolute Gasteiger partial charge is 0.394 e. The predicted octanol–water partition coefficient (Wildman–Crippen LogP) is 2.27. The first kappa shape index (κ1) is 22.2. The molecule has 2 aromatic carbocycles. The molecule has 6 heteroatoms. The van der Waals surface area contributed by atoms with Gasteiger partial charge in [-0.1, -0.05) is 44.2 Å². The van der Waals surface area contributed by atoms with Crippen LogP contribution in [0, 0.1) is 0 Å². The first-order chi connectivity index (χ1) is 14.9. The van der Waals surface area contributed by atoms with Crippen LogP contribution in [0.5, 0.6) is 0 Å². The average Bonchev–Trinajstić information content (AvgIpc) is 2.77. The summed E-state index contributed by atoms with van der Waals surface area (Å²) in [5.41, 5.74) is 6.86. The van der Waals surface area contributed by atoms with E-state index < -0.39 is 37.1 Å². The highest BCUT2D eigenvalue weighted by molar-refractivity contribution is 5.55. The van der Waals surface area contributed by atoms with Crippen LogP contribution in [0.3, 0.4) is 0 Å². The fraction of sp³-hybridized carbons (Fsp3) is 0.520. The SMILES string of the molecule is CC(C)c1ccc([C@@H]2O[C@H](CO)[C@@H](O)[C@H](O)[C@H]2O)cc1Cc1ccc2c(c1)NCCC2. The fourth-order valence-corrected chi connectivity index (χ4v) is 4.73. The first-order valence-corrected chi connectivity index (χ1v) is 11.2. The number of aliphatic hydroxyl groups is 4. The van der Waals surface area contributed by atoms with E-state index in [0.29, 0.717) is 5.92 Å². The lowest BCUT2D eigenvalue weighted by Crippen LogP contribution is -2.55. The van der Waals surface area contributed by atoms with Crippen LogP contribution in [-0.4, -0.2) is 58.0 Å². The standard InChI is InChI=1S/C25H33NO5/c1-14(2)19-8-7-17(25-24(30)23(29)22(28)21(13-27)31-25)12-18(19)10-15-5-6-16-4-3-9-26-20(16)11-15/h5-8,11-12,14,21-30H,3-4,9-10,13H2,1-2H3/t21-,22-,23+,24-,25+/m1/s1.